The van der Waals surface area contributed by atoms with E-state index in [2.05, 4.69) is 36.1 Å². The minimum absolute atomic E-state index is 0.0144. The molecule has 0 N–H and O–H groups in total. The maximum Gasteiger partial charge on any atom is 0.242 e. The third-order valence-corrected chi connectivity index (χ3v) is 6.42. The molecule has 4 rings (SSSR count). The van der Waals surface area contributed by atoms with Crippen LogP contribution in [0.3, 0.4) is 0 Å². The van der Waals surface area contributed by atoms with Crippen LogP contribution in [0.2, 0.25) is 0 Å². The number of hydrazone groups is 1. The first-order valence-electron chi connectivity index (χ1n) is 11.7. The summed E-state index contributed by atoms with van der Waals surface area (Å²) in [5.74, 6) is 1.36. The van der Waals surface area contributed by atoms with E-state index in [9.17, 15) is 4.79 Å². The van der Waals surface area contributed by atoms with Gasteiger partial charge in [0.25, 0.3) is 0 Å². The van der Waals surface area contributed by atoms with E-state index < -0.39 is 0 Å². The van der Waals surface area contributed by atoms with Crippen LogP contribution >= 0.6 is 0 Å². The molecule has 7 heteroatoms. The fourth-order valence-electron chi connectivity index (χ4n) is 4.50. The van der Waals surface area contributed by atoms with Crippen molar-refractivity contribution < 1.29 is 19.0 Å². The van der Waals surface area contributed by atoms with Crippen molar-refractivity contribution in [2.75, 3.05) is 45.4 Å². The molecule has 33 heavy (non-hydrogen) atoms. The van der Waals surface area contributed by atoms with Crippen LogP contribution in [0.4, 0.5) is 5.69 Å². The summed E-state index contributed by atoms with van der Waals surface area (Å²) in [6, 6.07) is 12.4. The lowest BCUT2D eigenvalue weighted by Crippen LogP contribution is -2.36. The number of benzene rings is 2. The van der Waals surface area contributed by atoms with Crippen molar-refractivity contribution in [3.8, 4) is 11.5 Å². The molecule has 7 nitrogen and oxygen atoms in total. The molecule has 2 aliphatic heterocycles. The summed E-state index contributed by atoms with van der Waals surface area (Å²) < 4.78 is 16.6. The topological polar surface area (TPSA) is 63.6 Å². The van der Waals surface area contributed by atoms with E-state index in [1.807, 2.05) is 19.1 Å². The van der Waals surface area contributed by atoms with Gasteiger partial charge in [-0.25, -0.2) is 5.01 Å². The lowest BCUT2D eigenvalue weighted by atomic mass is 9.93. The highest BCUT2D eigenvalue weighted by Gasteiger charge is 2.29. The van der Waals surface area contributed by atoms with Crippen LogP contribution in [0.5, 0.6) is 11.5 Å². The molecular weight excluding hydrogens is 418 g/mol. The lowest BCUT2D eigenvalue weighted by Gasteiger charge is -2.29. The first-order valence-corrected chi connectivity index (χ1v) is 11.7. The van der Waals surface area contributed by atoms with Gasteiger partial charge in [0.2, 0.25) is 5.91 Å². The summed E-state index contributed by atoms with van der Waals surface area (Å²) >= 11 is 0. The molecule has 1 atom stereocenters. The Balaban J connectivity index is 1.82. The zero-order valence-corrected chi connectivity index (χ0v) is 20.0. The van der Waals surface area contributed by atoms with Gasteiger partial charge in [-0.05, 0) is 42.7 Å². The van der Waals surface area contributed by atoms with Crippen LogP contribution in [-0.2, 0) is 16.0 Å². The zero-order valence-electron chi connectivity index (χ0n) is 20.0. The Morgan fingerprint density at radius 1 is 1.06 bits per heavy atom. The monoisotopic (exact) mass is 451 g/mol. The fraction of sp³-hybridized carbons (Fsp3) is 0.462. The van der Waals surface area contributed by atoms with Gasteiger partial charge >= 0.3 is 0 Å². The average molecular weight is 452 g/mol. The van der Waals surface area contributed by atoms with Crippen LogP contribution in [-0.4, -0.2) is 63.2 Å². The quantitative estimate of drug-likeness (QED) is 0.667. The highest BCUT2D eigenvalue weighted by molar-refractivity contribution is 6.14. The second-order valence-corrected chi connectivity index (χ2v) is 8.32. The number of amides is 1. The van der Waals surface area contributed by atoms with Crippen LogP contribution in [0.25, 0.3) is 0 Å². The number of morpholine rings is 1. The third-order valence-electron chi connectivity index (χ3n) is 6.42. The van der Waals surface area contributed by atoms with Crippen LogP contribution < -0.4 is 14.4 Å². The van der Waals surface area contributed by atoms with Gasteiger partial charge in [-0.3, -0.25) is 4.79 Å². The largest absolute Gasteiger partial charge is 0.493 e. The van der Waals surface area contributed by atoms with Gasteiger partial charge in [-0.15, -0.1) is 0 Å². The predicted molar refractivity (Wildman–Crippen MR) is 130 cm³/mol. The molecule has 0 saturated carbocycles. The van der Waals surface area contributed by atoms with E-state index in [1.165, 1.54) is 0 Å². The summed E-state index contributed by atoms with van der Waals surface area (Å²) in [7, 11) is 3.28. The minimum atomic E-state index is -0.0144. The molecule has 2 heterocycles. The van der Waals surface area contributed by atoms with Crippen molar-refractivity contribution in [1.82, 2.24) is 5.01 Å². The maximum atomic E-state index is 12.9. The molecule has 176 valence electrons. The Bertz CT molecular complexity index is 1010. The molecule has 0 unspecified atom stereocenters. The number of rotatable bonds is 6. The van der Waals surface area contributed by atoms with Gasteiger partial charge in [0, 0.05) is 36.3 Å². The number of anilines is 1. The second-order valence-electron chi connectivity index (χ2n) is 8.32. The van der Waals surface area contributed by atoms with E-state index in [4.69, 9.17) is 19.3 Å². The highest BCUT2D eigenvalue weighted by Crippen LogP contribution is 2.35. The second kappa shape index (κ2) is 10.3. The highest BCUT2D eigenvalue weighted by atomic mass is 16.5. The van der Waals surface area contributed by atoms with Crippen molar-refractivity contribution in [3.63, 3.8) is 0 Å². The third kappa shape index (κ3) is 4.69. The molecule has 1 amide bonds. The normalized spacial score (nSPS) is 18.3. The summed E-state index contributed by atoms with van der Waals surface area (Å²) in [6.45, 7) is 7.24. The molecule has 0 aliphatic carbocycles. The van der Waals surface area contributed by atoms with Crippen molar-refractivity contribution in [2.45, 2.75) is 39.2 Å². The molecule has 0 radical (unpaired) electrons. The molecule has 1 saturated heterocycles. The van der Waals surface area contributed by atoms with Crippen molar-refractivity contribution >= 4 is 17.3 Å². The van der Waals surface area contributed by atoms with Gasteiger partial charge in [0.05, 0.1) is 39.2 Å². The Hall–Kier alpha value is -3.06. The Morgan fingerprint density at radius 2 is 1.73 bits per heavy atom. The predicted octanol–water partition coefficient (Wildman–Crippen LogP) is 3.87. The molecule has 2 aliphatic rings. The Labute approximate surface area is 195 Å². The van der Waals surface area contributed by atoms with Crippen LogP contribution in [0, 0.1) is 0 Å². The molecule has 1 fully saturated rings. The van der Waals surface area contributed by atoms with E-state index in [0.717, 1.165) is 60.8 Å². The van der Waals surface area contributed by atoms with E-state index in [0.29, 0.717) is 24.3 Å². The van der Waals surface area contributed by atoms with Crippen LogP contribution in [0.1, 0.15) is 43.4 Å². The number of hydrogen-bond acceptors (Lipinski definition) is 6. The van der Waals surface area contributed by atoms with Gasteiger partial charge < -0.3 is 19.1 Å². The number of carbonyl (C=O) groups is 1. The first-order chi connectivity index (χ1) is 16.1. The average Bonchev–Trinajstić information content (AvgIpc) is 3.04. The number of fused-ring (bicyclic) bond motifs is 1. The standard InChI is InChI=1S/C26H33N3O4/c1-5-20-15-19-16-23(31-3)24(32-4)17-22(19)26(27-29(20)25(30)6-2)18-7-9-21(10-8-18)28-11-13-33-14-12-28/h7-10,16-17,20H,5-6,11-15H2,1-4H3/t20-/m0/s1. The SMILES string of the molecule is CCC(=O)N1N=C(c2ccc(N3CCOCC3)cc2)c2cc(OC)c(OC)cc2C[C@@H]1CC. The van der Waals surface area contributed by atoms with Crippen LogP contribution in [0.15, 0.2) is 41.5 Å². The number of methoxy groups -OCH3 is 2. The van der Waals surface area contributed by atoms with Gasteiger partial charge in [-0.1, -0.05) is 26.0 Å². The summed E-state index contributed by atoms with van der Waals surface area (Å²) in [6.07, 6.45) is 1.93. The number of nitrogens with zero attached hydrogens (tertiary/aromatic N) is 3. The number of ether oxygens (including phenoxy) is 3. The smallest absolute Gasteiger partial charge is 0.242 e. The molecule has 0 aromatic heterocycles. The van der Waals surface area contributed by atoms with E-state index >= 15 is 0 Å². The van der Waals surface area contributed by atoms with E-state index in [-0.39, 0.29) is 11.9 Å². The summed E-state index contributed by atoms with van der Waals surface area (Å²) in [5, 5.41) is 6.64. The molecule has 0 spiro atoms. The maximum absolute atomic E-state index is 12.9. The van der Waals surface area contributed by atoms with Gasteiger partial charge in [0.15, 0.2) is 11.5 Å². The molecule has 2 aromatic carbocycles. The zero-order chi connectivity index (χ0) is 23.4. The number of hydrogen-bond donors (Lipinski definition) is 0. The molecule has 0 bridgehead atoms. The molecule has 2 aromatic rings. The Kier molecular flexibility index (Phi) is 7.18. The lowest BCUT2D eigenvalue weighted by molar-refractivity contribution is -0.133. The first kappa shape index (κ1) is 23.1. The van der Waals surface area contributed by atoms with Crippen molar-refractivity contribution in [1.29, 1.82) is 0 Å². The van der Waals surface area contributed by atoms with E-state index in [1.54, 1.807) is 19.2 Å². The minimum Gasteiger partial charge on any atom is -0.493 e. The molecular formula is C26H33N3O4. The summed E-state index contributed by atoms with van der Waals surface area (Å²) in [4.78, 5) is 15.2. The van der Waals surface area contributed by atoms with Gasteiger partial charge in [-0.2, -0.15) is 5.10 Å². The van der Waals surface area contributed by atoms with Crippen molar-refractivity contribution in [2.24, 2.45) is 5.10 Å². The van der Waals surface area contributed by atoms with Crippen molar-refractivity contribution in [3.05, 3.63) is 53.1 Å². The number of carbonyl (C=O) groups excluding carboxylic acids is 1. The van der Waals surface area contributed by atoms with Gasteiger partial charge in [0.1, 0.15) is 0 Å². The summed E-state index contributed by atoms with van der Waals surface area (Å²) in [5.41, 5.74) is 4.97. The Morgan fingerprint density at radius 3 is 2.33 bits per heavy atom. The fourth-order valence-corrected chi connectivity index (χ4v) is 4.50.